The van der Waals surface area contributed by atoms with Crippen LogP contribution in [-0.4, -0.2) is 6.04 Å². The highest BCUT2D eigenvalue weighted by Gasteiger charge is 2.00. The molecule has 2 nitrogen and oxygen atoms in total. The van der Waals surface area contributed by atoms with Gasteiger partial charge in [-0.15, -0.1) is 0 Å². The van der Waals surface area contributed by atoms with Gasteiger partial charge in [0.05, 0.1) is 10.7 Å². The van der Waals surface area contributed by atoms with Gasteiger partial charge >= 0.3 is 0 Å². The Morgan fingerprint density at radius 2 is 2.23 bits per heavy atom. The molecule has 0 saturated carbocycles. The smallest absolute Gasteiger partial charge is 0.0636 e. The van der Waals surface area contributed by atoms with Crippen molar-refractivity contribution in [2.45, 2.75) is 26.3 Å². The zero-order valence-electron chi connectivity index (χ0n) is 7.97. The summed E-state index contributed by atoms with van der Waals surface area (Å²) in [6, 6.07) is 6.06. The second-order valence-corrected chi connectivity index (χ2v) is 3.60. The number of hydrogen-bond donors (Lipinski definition) is 2. The summed E-state index contributed by atoms with van der Waals surface area (Å²) in [6.07, 6.45) is 1.09. The lowest BCUT2D eigenvalue weighted by atomic mass is 10.2. The highest BCUT2D eigenvalue weighted by molar-refractivity contribution is 6.33. The lowest BCUT2D eigenvalue weighted by Gasteiger charge is -2.13. The van der Waals surface area contributed by atoms with Gasteiger partial charge in [0.15, 0.2) is 0 Å². The Balaban J connectivity index is 2.73. The fourth-order valence-corrected chi connectivity index (χ4v) is 1.14. The zero-order valence-corrected chi connectivity index (χ0v) is 8.73. The number of rotatable bonds is 3. The summed E-state index contributed by atoms with van der Waals surface area (Å²) in [6.45, 7) is 4.27. The third kappa shape index (κ3) is 2.81. The van der Waals surface area contributed by atoms with Crippen molar-refractivity contribution in [3.05, 3.63) is 23.2 Å². The molecule has 0 heterocycles. The summed E-state index contributed by atoms with van der Waals surface area (Å²) >= 11 is 5.80. The molecule has 3 heteroatoms. The van der Waals surface area contributed by atoms with Crippen LogP contribution in [0.1, 0.15) is 20.3 Å². The Labute approximate surface area is 84.1 Å². The molecule has 1 aromatic rings. The van der Waals surface area contributed by atoms with Gasteiger partial charge in [0.1, 0.15) is 0 Å². The van der Waals surface area contributed by atoms with Gasteiger partial charge in [0, 0.05) is 11.7 Å². The van der Waals surface area contributed by atoms with E-state index in [0.29, 0.717) is 16.8 Å². The Kier molecular flexibility index (Phi) is 3.43. The molecule has 0 aliphatic heterocycles. The third-order valence-electron chi connectivity index (χ3n) is 2.02. The second kappa shape index (κ2) is 4.38. The molecule has 0 saturated heterocycles. The Morgan fingerprint density at radius 3 is 2.77 bits per heavy atom. The highest BCUT2D eigenvalue weighted by Crippen LogP contribution is 2.22. The maximum atomic E-state index is 5.80. The van der Waals surface area contributed by atoms with Crippen LogP contribution in [0.25, 0.3) is 0 Å². The van der Waals surface area contributed by atoms with Gasteiger partial charge in [0.25, 0.3) is 0 Å². The van der Waals surface area contributed by atoms with Gasteiger partial charge in [-0.3, -0.25) is 0 Å². The van der Waals surface area contributed by atoms with Gasteiger partial charge in [-0.25, -0.2) is 0 Å². The predicted molar refractivity (Wildman–Crippen MR) is 59.2 cm³/mol. The monoisotopic (exact) mass is 198 g/mol. The van der Waals surface area contributed by atoms with Gasteiger partial charge in [-0.1, -0.05) is 18.5 Å². The van der Waals surface area contributed by atoms with Crippen LogP contribution < -0.4 is 11.1 Å². The number of nitrogen functional groups attached to an aromatic ring is 1. The molecule has 0 amide bonds. The van der Waals surface area contributed by atoms with Crippen LogP contribution >= 0.6 is 11.6 Å². The summed E-state index contributed by atoms with van der Waals surface area (Å²) in [5, 5.41) is 3.93. The number of benzene rings is 1. The minimum absolute atomic E-state index is 0.459. The highest BCUT2D eigenvalue weighted by atomic mass is 35.5. The molecule has 0 spiro atoms. The molecule has 0 aromatic heterocycles. The van der Waals surface area contributed by atoms with Crippen molar-refractivity contribution in [2.75, 3.05) is 11.1 Å². The van der Waals surface area contributed by atoms with Gasteiger partial charge in [-0.2, -0.15) is 0 Å². The van der Waals surface area contributed by atoms with Crippen molar-refractivity contribution in [1.82, 2.24) is 0 Å². The first-order valence-corrected chi connectivity index (χ1v) is 4.83. The fraction of sp³-hybridized carbons (Fsp3) is 0.400. The number of halogens is 1. The molecule has 3 N–H and O–H groups in total. The van der Waals surface area contributed by atoms with Crippen molar-refractivity contribution < 1.29 is 0 Å². The first kappa shape index (κ1) is 10.2. The van der Waals surface area contributed by atoms with Crippen molar-refractivity contribution in [3.63, 3.8) is 0 Å². The van der Waals surface area contributed by atoms with Crippen LogP contribution in [0.5, 0.6) is 0 Å². The van der Waals surface area contributed by atoms with E-state index in [1.54, 1.807) is 0 Å². The fourth-order valence-electron chi connectivity index (χ4n) is 1.02. The standard InChI is InChI=1S/C10H15ClN2/c1-3-7(2)13-8-4-5-9(11)10(12)6-8/h4-7,13H,3,12H2,1-2H3. The maximum Gasteiger partial charge on any atom is 0.0636 e. The third-order valence-corrected chi connectivity index (χ3v) is 2.37. The van der Waals surface area contributed by atoms with Gasteiger partial charge < -0.3 is 11.1 Å². The lowest BCUT2D eigenvalue weighted by Crippen LogP contribution is -2.13. The van der Waals surface area contributed by atoms with E-state index in [0.717, 1.165) is 12.1 Å². The number of nitrogens with two attached hydrogens (primary N) is 1. The van der Waals surface area contributed by atoms with E-state index in [4.69, 9.17) is 17.3 Å². The summed E-state index contributed by atoms with van der Waals surface area (Å²) in [4.78, 5) is 0. The molecule has 72 valence electrons. The molecule has 1 rings (SSSR count). The van der Waals surface area contributed by atoms with Gasteiger partial charge in [0.2, 0.25) is 0 Å². The second-order valence-electron chi connectivity index (χ2n) is 3.19. The summed E-state index contributed by atoms with van der Waals surface area (Å²) in [5.74, 6) is 0. The molecule has 0 fully saturated rings. The first-order valence-electron chi connectivity index (χ1n) is 4.45. The molecule has 1 atom stereocenters. The Bertz CT molecular complexity index is 286. The van der Waals surface area contributed by atoms with E-state index in [9.17, 15) is 0 Å². The minimum Gasteiger partial charge on any atom is -0.397 e. The van der Waals surface area contributed by atoms with Crippen LogP contribution in [0.4, 0.5) is 11.4 Å². The molecular weight excluding hydrogens is 184 g/mol. The van der Waals surface area contributed by atoms with Crippen molar-refractivity contribution >= 4 is 23.0 Å². The zero-order chi connectivity index (χ0) is 9.84. The predicted octanol–water partition coefficient (Wildman–Crippen LogP) is 3.13. The number of anilines is 2. The first-order chi connectivity index (χ1) is 6.13. The van der Waals surface area contributed by atoms with Crippen LogP contribution in [0, 0.1) is 0 Å². The SMILES string of the molecule is CCC(C)Nc1ccc(Cl)c(N)c1. The van der Waals surface area contributed by atoms with Crippen molar-refractivity contribution in [3.8, 4) is 0 Å². The van der Waals surface area contributed by atoms with Crippen LogP contribution in [0.15, 0.2) is 18.2 Å². The molecule has 0 aliphatic rings. The minimum atomic E-state index is 0.459. The summed E-state index contributed by atoms with van der Waals surface area (Å²) in [5.41, 5.74) is 7.31. The number of hydrogen-bond acceptors (Lipinski definition) is 2. The Hall–Kier alpha value is -0.890. The Morgan fingerprint density at radius 1 is 1.54 bits per heavy atom. The van der Waals surface area contributed by atoms with E-state index >= 15 is 0 Å². The van der Waals surface area contributed by atoms with E-state index in [-0.39, 0.29) is 0 Å². The molecule has 1 unspecified atom stereocenters. The van der Waals surface area contributed by atoms with E-state index < -0.39 is 0 Å². The van der Waals surface area contributed by atoms with E-state index in [1.807, 2.05) is 18.2 Å². The average molecular weight is 199 g/mol. The normalized spacial score (nSPS) is 12.5. The molecule has 1 aromatic carbocycles. The topological polar surface area (TPSA) is 38.0 Å². The quantitative estimate of drug-likeness (QED) is 0.733. The maximum absolute atomic E-state index is 5.80. The van der Waals surface area contributed by atoms with Gasteiger partial charge in [-0.05, 0) is 31.5 Å². The average Bonchev–Trinajstić information content (AvgIpc) is 2.11. The summed E-state index contributed by atoms with van der Waals surface area (Å²) < 4.78 is 0. The lowest BCUT2D eigenvalue weighted by molar-refractivity contribution is 0.764. The van der Waals surface area contributed by atoms with E-state index in [2.05, 4.69) is 19.2 Å². The van der Waals surface area contributed by atoms with Crippen LogP contribution in [-0.2, 0) is 0 Å². The largest absolute Gasteiger partial charge is 0.397 e. The van der Waals surface area contributed by atoms with Crippen molar-refractivity contribution in [2.24, 2.45) is 0 Å². The van der Waals surface area contributed by atoms with Crippen LogP contribution in [0.3, 0.4) is 0 Å². The van der Waals surface area contributed by atoms with Crippen LogP contribution in [0.2, 0.25) is 5.02 Å². The molecule has 0 aliphatic carbocycles. The molecule has 13 heavy (non-hydrogen) atoms. The number of nitrogens with one attached hydrogen (secondary N) is 1. The molecule has 0 radical (unpaired) electrons. The van der Waals surface area contributed by atoms with E-state index in [1.165, 1.54) is 0 Å². The molecular formula is C10H15ClN2. The van der Waals surface area contributed by atoms with Crippen molar-refractivity contribution in [1.29, 1.82) is 0 Å². The summed E-state index contributed by atoms with van der Waals surface area (Å²) in [7, 11) is 0. The molecule has 0 bridgehead atoms.